The second-order valence-corrected chi connectivity index (χ2v) is 19.6. The van der Waals surface area contributed by atoms with Crippen LogP contribution in [0.3, 0.4) is 0 Å². The average molecular weight is 874 g/mol. The molecule has 7 rings (SSSR count). The fourth-order valence-corrected chi connectivity index (χ4v) is 11.7. The Hall–Kier alpha value is -5.42. The number of methoxy groups -OCH3 is 2. The molecule has 1 aromatic heterocycles. The van der Waals surface area contributed by atoms with Crippen LogP contribution in [0.4, 0.5) is 10.5 Å². The van der Waals surface area contributed by atoms with E-state index in [4.69, 9.17) is 18.9 Å². The number of anilines is 1. The number of benzene rings is 2. The summed E-state index contributed by atoms with van der Waals surface area (Å²) in [7, 11) is 6.08. The number of carbonyl (C=O) groups excluding carboxylic acids is 4. The number of amides is 4. The summed E-state index contributed by atoms with van der Waals surface area (Å²) in [6, 6.07) is 11.7. The van der Waals surface area contributed by atoms with E-state index in [0.29, 0.717) is 31.1 Å². The third-order valence-corrected chi connectivity index (χ3v) is 15.1. The van der Waals surface area contributed by atoms with E-state index in [9.17, 15) is 19.2 Å². The van der Waals surface area contributed by atoms with Crippen molar-refractivity contribution in [3.63, 3.8) is 0 Å². The summed E-state index contributed by atoms with van der Waals surface area (Å²) >= 11 is 0. The molecule has 1 spiro atoms. The Labute approximate surface area is 364 Å². The molecule has 4 amide bonds. The third-order valence-electron chi connectivity index (χ3n) is 12.9. The number of aryl methyl sites for hydroxylation is 3. The van der Waals surface area contributed by atoms with Crippen molar-refractivity contribution in [1.29, 1.82) is 0 Å². The van der Waals surface area contributed by atoms with Gasteiger partial charge in [-0.25, -0.2) is 9.00 Å². The van der Waals surface area contributed by atoms with Crippen molar-refractivity contribution in [2.24, 2.45) is 29.2 Å². The number of aromatic nitrogens is 2. The van der Waals surface area contributed by atoms with Crippen molar-refractivity contribution < 1.29 is 42.3 Å². The Kier molecular flexibility index (Phi) is 12.8. The quantitative estimate of drug-likeness (QED) is 0.333. The van der Waals surface area contributed by atoms with E-state index >= 15 is 4.21 Å². The largest absolute Gasteiger partial charge is 0.490 e. The number of fused-ring (bicyclic) bond motifs is 4. The highest BCUT2D eigenvalue weighted by Crippen LogP contribution is 2.47. The van der Waals surface area contributed by atoms with Crippen LogP contribution in [-0.4, -0.2) is 127 Å². The van der Waals surface area contributed by atoms with Gasteiger partial charge >= 0.3 is 6.09 Å². The molecule has 334 valence electrons. The van der Waals surface area contributed by atoms with Crippen molar-refractivity contribution in [2.45, 2.75) is 68.8 Å². The zero-order valence-corrected chi connectivity index (χ0v) is 37.9. The van der Waals surface area contributed by atoms with Crippen LogP contribution in [0, 0.1) is 24.7 Å². The summed E-state index contributed by atoms with van der Waals surface area (Å²) in [5.41, 5.74) is 4.15. The Morgan fingerprint density at radius 1 is 1.02 bits per heavy atom. The van der Waals surface area contributed by atoms with E-state index < -0.39 is 57.1 Å². The first-order chi connectivity index (χ1) is 29.5. The summed E-state index contributed by atoms with van der Waals surface area (Å²) in [6.07, 6.45) is 7.27. The minimum atomic E-state index is -4.45. The number of nitrogens with zero attached hydrogens (tertiary/aromatic N) is 6. The number of hydrogen-bond acceptors (Lipinski definition) is 11. The molecule has 4 aliphatic rings. The minimum Gasteiger partial charge on any atom is -0.490 e. The summed E-state index contributed by atoms with van der Waals surface area (Å²) in [5, 5.41) is 2.44. The number of ether oxygens (including phenoxy) is 4. The van der Waals surface area contributed by atoms with E-state index in [1.165, 1.54) is 72.7 Å². The number of hydrogen-bond donors (Lipinski definition) is 1. The van der Waals surface area contributed by atoms with Crippen LogP contribution in [0.1, 0.15) is 70.0 Å². The lowest BCUT2D eigenvalue weighted by Gasteiger charge is -2.46. The maximum Gasteiger partial charge on any atom is 0.409 e. The molecule has 17 heteroatoms. The molecule has 8 atom stereocenters. The van der Waals surface area contributed by atoms with Gasteiger partial charge in [-0.15, -0.1) is 9.46 Å². The zero-order chi connectivity index (χ0) is 44.7. The highest BCUT2D eigenvalue weighted by atomic mass is 32.2. The molecule has 3 heterocycles. The van der Waals surface area contributed by atoms with Crippen LogP contribution in [0.15, 0.2) is 59.1 Å². The molecule has 0 saturated heterocycles. The molecule has 2 aliphatic heterocycles. The van der Waals surface area contributed by atoms with Crippen LogP contribution < -0.4 is 19.1 Å². The lowest BCUT2D eigenvalue weighted by atomic mass is 9.68. The molecule has 1 N–H and O–H groups in total. The van der Waals surface area contributed by atoms with Gasteiger partial charge in [0.25, 0.3) is 11.8 Å². The zero-order valence-electron chi connectivity index (χ0n) is 37.1. The Morgan fingerprint density at radius 2 is 1.77 bits per heavy atom. The highest BCUT2D eigenvalue weighted by Gasteiger charge is 2.46. The van der Waals surface area contributed by atoms with Gasteiger partial charge < -0.3 is 33.6 Å². The van der Waals surface area contributed by atoms with E-state index in [0.717, 1.165) is 32.1 Å². The molecule has 0 radical (unpaired) electrons. The van der Waals surface area contributed by atoms with Crippen molar-refractivity contribution in [3.8, 4) is 11.6 Å². The van der Waals surface area contributed by atoms with Gasteiger partial charge in [0.1, 0.15) is 22.7 Å². The lowest BCUT2D eigenvalue weighted by molar-refractivity contribution is -0.129. The van der Waals surface area contributed by atoms with Gasteiger partial charge in [-0.2, -0.15) is 0 Å². The molecule has 1 saturated carbocycles. The average Bonchev–Trinajstić information content (AvgIpc) is 3.54. The van der Waals surface area contributed by atoms with Crippen LogP contribution >= 0.6 is 0 Å². The van der Waals surface area contributed by atoms with Crippen molar-refractivity contribution in [2.75, 3.05) is 67.0 Å². The van der Waals surface area contributed by atoms with Gasteiger partial charge in [-0.3, -0.25) is 23.8 Å². The number of nitrogens with one attached hydrogen (secondary N) is 1. The minimum absolute atomic E-state index is 0.0731. The smallest absolute Gasteiger partial charge is 0.409 e. The van der Waals surface area contributed by atoms with E-state index in [-0.39, 0.29) is 34.3 Å². The molecule has 1 fully saturated rings. The Balaban J connectivity index is 1.43. The molecule has 3 aromatic rings. The van der Waals surface area contributed by atoms with E-state index in [2.05, 4.69) is 44.2 Å². The van der Waals surface area contributed by atoms with Gasteiger partial charge in [0.05, 0.1) is 25.5 Å². The predicted octanol–water partition coefficient (Wildman–Crippen LogP) is 4.93. The number of carbonyl (C=O) groups is 4. The molecule has 16 nitrogen and oxygen atoms in total. The number of rotatable bonds is 6. The first-order valence-electron chi connectivity index (χ1n) is 21.1. The van der Waals surface area contributed by atoms with Gasteiger partial charge in [0.2, 0.25) is 11.8 Å². The van der Waals surface area contributed by atoms with Crippen LogP contribution in [0.5, 0.6) is 11.6 Å². The summed E-state index contributed by atoms with van der Waals surface area (Å²) in [4.78, 5) is 61.4. The summed E-state index contributed by atoms with van der Waals surface area (Å²) < 4.78 is 48.2. The first-order valence-corrected chi connectivity index (χ1v) is 22.7. The molecule has 2 aromatic carbocycles. The molecular formula is C45H59N7O9S. The first kappa shape index (κ1) is 44.6. The van der Waals surface area contributed by atoms with E-state index in [1.807, 2.05) is 6.08 Å². The van der Waals surface area contributed by atoms with Crippen LogP contribution in [-0.2, 0) is 43.1 Å². The topological polar surface area (TPSA) is 174 Å². The summed E-state index contributed by atoms with van der Waals surface area (Å²) in [6.45, 7) is 5.40. The Morgan fingerprint density at radius 3 is 2.45 bits per heavy atom. The summed E-state index contributed by atoms with van der Waals surface area (Å²) in [5.74, 6) is -2.93. The predicted molar refractivity (Wildman–Crippen MR) is 234 cm³/mol. The van der Waals surface area contributed by atoms with Crippen molar-refractivity contribution >= 4 is 39.4 Å². The second-order valence-electron chi connectivity index (χ2n) is 17.6. The molecular weight excluding hydrogens is 815 g/mol. The van der Waals surface area contributed by atoms with Crippen molar-refractivity contribution in [3.05, 3.63) is 82.6 Å². The van der Waals surface area contributed by atoms with Gasteiger partial charge in [0.15, 0.2) is 9.92 Å². The molecule has 2 unspecified atom stereocenters. The lowest BCUT2D eigenvalue weighted by Crippen LogP contribution is -2.52. The van der Waals surface area contributed by atoms with E-state index in [1.54, 1.807) is 45.4 Å². The second kappa shape index (κ2) is 17.8. The SMILES string of the molecule is COc1nn(C)cc1C(=O)NS1(=O)=NC(=O)c2ccc3c(c2)N(C[C@@H]2CC[C@H]2[C@@H](OC)/C=C/[C@H](OC(=O)N(C)C)[C@H](C)C1C(=O)N(C)C)C[C@@]1(CCCc2cc(C)ccc21)CO3. The fourth-order valence-electron chi connectivity index (χ4n) is 9.46. The molecule has 62 heavy (non-hydrogen) atoms. The van der Waals surface area contributed by atoms with Crippen LogP contribution in [0.2, 0.25) is 0 Å². The maximum atomic E-state index is 15.8. The Bertz CT molecular complexity index is 2390. The normalized spacial score (nSPS) is 28.7. The van der Waals surface area contributed by atoms with Gasteiger partial charge in [-0.1, -0.05) is 36.8 Å². The third kappa shape index (κ3) is 8.65. The van der Waals surface area contributed by atoms with Crippen molar-refractivity contribution in [1.82, 2.24) is 24.3 Å². The van der Waals surface area contributed by atoms with Gasteiger partial charge in [0, 0.05) is 78.5 Å². The van der Waals surface area contributed by atoms with Gasteiger partial charge in [-0.05, 0) is 86.3 Å². The monoisotopic (exact) mass is 873 g/mol. The molecule has 2 aliphatic carbocycles. The van der Waals surface area contributed by atoms with Crippen LogP contribution in [0.25, 0.3) is 0 Å². The maximum absolute atomic E-state index is 15.8. The standard InChI is InChI=1S/C45H59N7O9S/c1-27-12-16-34-29(21-27)11-10-20-45(34)25-52-23-31-13-15-32(31)37(58-8)19-18-36(61-44(56)50(5)6)28(2)39(43(55)49(3)4)62(57,48-41(54)33-24-51(7)46-42(33)59-9)47-40(53)30-14-17-38(60-26-45)35(52)22-30/h12,14,16-19,21-22,24,28,31-32,36-37,39H,10-11,13,15,20,23,25-26H2,1-9H3,(H,47,48,53,54,57)/b19-18+/t28-,31-,32+,36-,37-,39?,45-,62?/m0/s1. The highest BCUT2D eigenvalue weighted by molar-refractivity contribution is 7.94. The molecule has 2 bridgehead atoms. The fraction of sp³-hybridized carbons (Fsp3) is 0.533.